The number of aromatic nitrogens is 4. The van der Waals surface area contributed by atoms with E-state index in [0.29, 0.717) is 59.6 Å². The minimum Gasteiger partial charge on any atom is -0.492 e. The third-order valence-electron chi connectivity index (χ3n) is 7.42. The quantitative estimate of drug-likeness (QED) is 0.405. The van der Waals surface area contributed by atoms with Crippen molar-refractivity contribution in [3.63, 3.8) is 0 Å². The van der Waals surface area contributed by atoms with Gasteiger partial charge in [-0.15, -0.1) is 0 Å². The normalized spacial score (nSPS) is 19.2. The highest BCUT2D eigenvalue weighted by Crippen LogP contribution is 2.42. The van der Waals surface area contributed by atoms with Crippen LogP contribution in [0, 0.1) is 6.92 Å². The van der Waals surface area contributed by atoms with Gasteiger partial charge < -0.3 is 19.3 Å². The van der Waals surface area contributed by atoms with Crippen molar-refractivity contribution in [1.82, 2.24) is 24.4 Å². The molecule has 40 heavy (non-hydrogen) atoms. The number of piperazine rings is 1. The lowest BCUT2D eigenvalue weighted by Crippen LogP contribution is -2.59. The van der Waals surface area contributed by atoms with Crippen LogP contribution >= 0.6 is 11.6 Å². The second-order valence-electron chi connectivity index (χ2n) is 12.1. The zero-order valence-electron chi connectivity index (χ0n) is 24.4. The first-order valence-corrected chi connectivity index (χ1v) is 14.2. The molecular formula is C29H37ClN6O4. The number of nitrogens with zero attached hydrogens (tertiary/aromatic N) is 6. The van der Waals surface area contributed by atoms with Crippen LogP contribution in [0.3, 0.4) is 0 Å². The molecule has 3 aromatic heterocycles. The first-order valence-electron chi connectivity index (χ1n) is 13.8. The number of hydrogen-bond acceptors (Lipinski definition) is 8. The topological polar surface area (TPSA) is 103 Å². The Morgan fingerprint density at radius 1 is 1.18 bits per heavy atom. The van der Waals surface area contributed by atoms with E-state index in [4.69, 9.17) is 26.1 Å². The van der Waals surface area contributed by atoms with Crippen LogP contribution in [0.25, 0.3) is 16.7 Å². The van der Waals surface area contributed by atoms with Crippen LogP contribution in [0.4, 0.5) is 10.6 Å². The number of aryl methyl sites for hydroxylation is 1. The van der Waals surface area contributed by atoms with E-state index in [2.05, 4.69) is 14.9 Å². The molecule has 0 radical (unpaired) electrons. The molecule has 0 aliphatic carbocycles. The Balaban J connectivity index is 1.71. The minimum absolute atomic E-state index is 0.0551. The standard InChI is InChI=1S/C29H37ClN6O4/c1-15(2)21-22(16(3)9-11-31-21)36-26-20(23-19(10-12-39-23)24(30)32-26)25(33-27(36)37)34-13-18(5)35(14-17(34)4)28(38)40-29(6,7)8/h9,11,15,17-18H,10,12-14H2,1-8H3/t17-,18+/m0/s1. The van der Waals surface area contributed by atoms with Crippen LogP contribution in [0.15, 0.2) is 17.1 Å². The second kappa shape index (κ2) is 10.2. The van der Waals surface area contributed by atoms with Gasteiger partial charge in [0.2, 0.25) is 0 Å². The predicted octanol–water partition coefficient (Wildman–Crippen LogP) is 5.03. The van der Waals surface area contributed by atoms with Crippen molar-refractivity contribution in [2.75, 3.05) is 24.6 Å². The number of carbonyl (C=O) groups is 1. The highest BCUT2D eigenvalue weighted by atomic mass is 35.5. The fraction of sp³-hybridized carbons (Fsp3) is 0.552. The minimum atomic E-state index is -0.596. The molecule has 2 aliphatic rings. The maximum atomic E-state index is 13.9. The van der Waals surface area contributed by atoms with E-state index < -0.39 is 11.3 Å². The van der Waals surface area contributed by atoms with E-state index in [1.807, 2.05) is 61.5 Å². The lowest BCUT2D eigenvalue weighted by atomic mass is 10.0. The number of fused-ring (bicyclic) bond motifs is 3. The highest BCUT2D eigenvalue weighted by molar-refractivity contribution is 6.31. The third-order valence-corrected chi connectivity index (χ3v) is 7.73. The zero-order chi connectivity index (χ0) is 29.1. The Hall–Kier alpha value is -3.40. The van der Waals surface area contributed by atoms with Gasteiger partial charge in [0.05, 0.1) is 18.0 Å². The Labute approximate surface area is 239 Å². The molecule has 0 saturated carbocycles. The molecule has 214 valence electrons. The van der Waals surface area contributed by atoms with Crippen LogP contribution < -0.4 is 15.3 Å². The van der Waals surface area contributed by atoms with Crippen molar-refractivity contribution < 1.29 is 14.3 Å². The molecule has 1 saturated heterocycles. The molecule has 5 heterocycles. The number of amides is 1. The highest BCUT2D eigenvalue weighted by Gasteiger charge is 2.38. The van der Waals surface area contributed by atoms with Gasteiger partial charge in [-0.25, -0.2) is 19.1 Å². The smallest absolute Gasteiger partial charge is 0.410 e. The van der Waals surface area contributed by atoms with E-state index in [9.17, 15) is 9.59 Å². The van der Waals surface area contributed by atoms with Crippen molar-refractivity contribution in [2.45, 2.75) is 85.4 Å². The van der Waals surface area contributed by atoms with E-state index in [1.54, 1.807) is 11.1 Å². The Morgan fingerprint density at radius 2 is 1.90 bits per heavy atom. The molecule has 0 N–H and O–H groups in total. The molecule has 0 unspecified atom stereocenters. The summed E-state index contributed by atoms with van der Waals surface area (Å²) >= 11 is 6.68. The maximum absolute atomic E-state index is 13.9. The molecule has 2 atom stereocenters. The molecule has 3 aromatic rings. The van der Waals surface area contributed by atoms with Gasteiger partial charge in [-0.1, -0.05) is 25.4 Å². The van der Waals surface area contributed by atoms with Gasteiger partial charge >= 0.3 is 11.8 Å². The first kappa shape index (κ1) is 28.1. The number of rotatable bonds is 3. The molecular weight excluding hydrogens is 532 g/mol. The number of pyridine rings is 2. The summed E-state index contributed by atoms with van der Waals surface area (Å²) in [5, 5.41) is 0.952. The van der Waals surface area contributed by atoms with Gasteiger partial charge in [0, 0.05) is 43.4 Å². The first-order chi connectivity index (χ1) is 18.8. The summed E-state index contributed by atoms with van der Waals surface area (Å²) in [5.41, 5.74) is 2.42. The number of ether oxygens (including phenoxy) is 2. The van der Waals surface area contributed by atoms with Crippen molar-refractivity contribution in [1.29, 1.82) is 0 Å². The summed E-state index contributed by atoms with van der Waals surface area (Å²) in [7, 11) is 0. The van der Waals surface area contributed by atoms with E-state index in [1.165, 1.54) is 4.57 Å². The van der Waals surface area contributed by atoms with Crippen LogP contribution in [0.1, 0.15) is 71.2 Å². The SMILES string of the molecule is Cc1ccnc(C(C)C)c1-n1c(=O)nc(N2C[C@@H](C)N(C(=O)OC(C)(C)C)C[C@@H]2C)c2c3c(c(Cl)nc21)CCO3. The fourth-order valence-corrected chi connectivity index (χ4v) is 5.80. The van der Waals surface area contributed by atoms with E-state index in [-0.39, 0.29) is 24.1 Å². The van der Waals surface area contributed by atoms with Gasteiger partial charge in [0.25, 0.3) is 0 Å². The molecule has 2 aliphatic heterocycles. The average Bonchev–Trinajstić information content (AvgIpc) is 3.35. The molecule has 0 bridgehead atoms. The molecule has 1 amide bonds. The Kier molecular flexibility index (Phi) is 7.18. The predicted molar refractivity (Wildman–Crippen MR) is 155 cm³/mol. The van der Waals surface area contributed by atoms with Crippen LogP contribution in [0.5, 0.6) is 5.75 Å². The molecule has 11 heteroatoms. The molecule has 5 rings (SSSR count). The summed E-state index contributed by atoms with van der Waals surface area (Å²) in [6.45, 7) is 16.9. The molecule has 0 aromatic carbocycles. The molecule has 0 spiro atoms. The summed E-state index contributed by atoms with van der Waals surface area (Å²) in [6, 6.07) is 1.53. The Morgan fingerprint density at radius 3 is 2.58 bits per heavy atom. The summed E-state index contributed by atoms with van der Waals surface area (Å²) < 4.78 is 13.3. The Bertz CT molecular complexity index is 1550. The van der Waals surface area contributed by atoms with E-state index >= 15 is 0 Å². The van der Waals surface area contributed by atoms with Crippen LogP contribution in [0.2, 0.25) is 5.15 Å². The monoisotopic (exact) mass is 568 g/mol. The molecule has 10 nitrogen and oxygen atoms in total. The number of anilines is 1. The number of hydrogen-bond donors (Lipinski definition) is 0. The number of carbonyl (C=O) groups excluding carboxylic acids is 1. The fourth-order valence-electron chi connectivity index (χ4n) is 5.53. The summed E-state index contributed by atoms with van der Waals surface area (Å²) in [5.74, 6) is 1.14. The third kappa shape index (κ3) is 4.87. The lowest BCUT2D eigenvalue weighted by Gasteiger charge is -2.44. The van der Waals surface area contributed by atoms with Crippen molar-refractivity contribution in [3.8, 4) is 11.4 Å². The second-order valence-corrected chi connectivity index (χ2v) is 12.4. The van der Waals surface area contributed by atoms with Gasteiger partial charge in [0.1, 0.15) is 27.7 Å². The van der Waals surface area contributed by atoms with Crippen LogP contribution in [-0.2, 0) is 11.2 Å². The maximum Gasteiger partial charge on any atom is 0.410 e. The van der Waals surface area contributed by atoms with Crippen molar-refractivity contribution in [2.24, 2.45) is 0 Å². The largest absolute Gasteiger partial charge is 0.492 e. The lowest BCUT2D eigenvalue weighted by molar-refractivity contribution is 0.0130. The summed E-state index contributed by atoms with van der Waals surface area (Å²) in [6.07, 6.45) is 2.01. The summed E-state index contributed by atoms with van der Waals surface area (Å²) in [4.78, 5) is 44.8. The van der Waals surface area contributed by atoms with Crippen molar-refractivity contribution >= 4 is 34.5 Å². The zero-order valence-corrected chi connectivity index (χ0v) is 25.2. The molecule has 1 fully saturated rings. The van der Waals surface area contributed by atoms with Crippen molar-refractivity contribution in [3.05, 3.63) is 44.7 Å². The van der Waals surface area contributed by atoms with E-state index in [0.717, 1.165) is 16.8 Å². The van der Waals surface area contributed by atoms with Gasteiger partial charge in [0.15, 0.2) is 5.65 Å². The van der Waals surface area contributed by atoms with Gasteiger partial charge in [-0.05, 0) is 59.1 Å². The average molecular weight is 569 g/mol. The van der Waals surface area contributed by atoms with Gasteiger partial charge in [-0.3, -0.25) is 4.98 Å². The van der Waals surface area contributed by atoms with Gasteiger partial charge in [-0.2, -0.15) is 4.98 Å². The van der Waals surface area contributed by atoms with Crippen LogP contribution in [-0.4, -0.2) is 67.9 Å². The number of halogens is 1.